The highest BCUT2D eigenvalue weighted by atomic mass is 32.2. The fourth-order valence-electron chi connectivity index (χ4n) is 9.38. The summed E-state index contributed by atoms with van der Waals surface area (Å²) < 4.78 is 74.2. The number of nitrogens with zero attached hydrogens (tertiary/aromatic N) is 3. The Hall–Kier alpha value is -3.95. The highest BCUT2D eigenvalue weighted by Crippen LogP contribution is 2.59. The minimum atomic E-state index is -4.20. The number of hydrogen-bond donors (Lipinski definition) is 1. The highest BCUT2D eigenvalue weighted by Gasteiger charge is 2.67. The van der Waals surface area contributed by atoms with Crippen LogP contribution in [0.25, 0.3) is 11.0 Å². The SMILES string of the molecule is CC[C@@H]1[C@@H]2CN(C(=O)[C@H](C(C)(C)C)CC(=O)O[C@@]3(C)C[C@@H]3CCCCCc3nc4ccc(OC)cc4nc3O2)[C@@H]1C(=O)C[C@]1(C(=O)NS(=O)(=O)C2(C)CC2)C[C@H]1C(F)F. The van der Waals surface area contributed by atoms with Crippen LogP contribution >= 0.6 is 0 Å². The van der Waals surface area contributed by atoms with Gasteiger partial charge in [-0.15, -0.1) is 0 Å². The number of alkyl halides is 2. The Balaban J connectivity index is 1.28. The van der Waals surface area contributed by atoms with Crippen LogP contribution in [0.15, 0.2) is 18.2 Å². The van der Waals surface area contributed by atoms with Crippen molar-refractivity contribution in [3.63, 3.8) is 0 Å². The van der Waals surface area contributed by atoms with E-state index in [1.807, 2.05) is 45.4 Å². The molecule has 1 saturated heterocycles. The van der Waals surface area contributed by atoms with Gasteiger partial charge in [0, 0.05) is 30.2 Å². The first-order valence-electron chi connectivity index (χ1n) is 21.1. The fourth-order valence-corrected chi connectivity index (χ4v) is 10.7. The second-order valence-electron chi connectivity index (χ2n) is 19.2. The molecule has 5 aliphatic rings. The molecule has 324 valence electrons. The minimum Gasteiger partial charge on any atom is -0.497 e. The van der Waals surface area contributed by atoms with Crippen LogP contribution < -0.4 is 14.2 Å². The summed E-state index contributed by atoms with van der Waals surface area (Å²) in [5.41, 5.74) is -1.62. The molecule has 3 aliphatic carbocycles. The van der Waals surface area contributed by atoms with E-state index in [0.29, 0.717) is 48.2 Å². The summed E-state index contributed by atoms with van der Waals surface area (Å²) in [6.07, 6.45) is 0.525. The van der Waals surface area contributed by atoms with Crippen molar-refractivity contribution in [2.45, 2.75) is 148 Å². The molecular weight excluding hydrogens is 787 g/mol. The summed E-state index contributed by atoms with van der Waals surface area (Å²) in [4.78, 5) is 68.5. The lowest BCUT2D eigenvalue weighted by atomic mass is 9.77. The Bertz CT molecular complexity index is 2120. The molecule has 2 aromatic rings. The first-order valence-corrected chi connectivity index (χ1v) is 22.5. The molecular formula is C43H58F2N4O9S. The number of carbonyl (C=O) groups is 4. The van der Waals surface area contributed by atoms with Crippen molar-refractivity contribution in [3.05, 3.63) is 23.9 Å². The van der Waals surface area contributed by atoms with Crippen molar-refractivity contribution in [3.8, 4) is 11.6 Å². The molecule has 0 radical (unpaired) electrons. The predicted octanol–water partition coefficient (Wildman–Crippen LogP) is 6.34. The van der Waals surface area contributed by atoms with E-state index in [4.69, 9.17) is 24.2 Å². The Labute approximate surface area is 345 Å². The molecule has 1 aromatic heterocycles. The maximum Gasteiger partial charge on any atom is 0.307 e. The Morgan fingerprint density at radius 1 is 1.07 bits per heavy atom. The summed E-state index contributed by atoms with van der Waals surface area (Å²) in [6.45, 7) is 10.6. The number of halogens is 2. The van der Waals surface area contributed by atoms with Crippen LogP contribution in [0.1, 0.15) is 118 Å². The van der Waals surface area contributed by atoms with Crippen molar-refractivity contribution in [2.24, 2.45) is 34.5 Å². The largest absolute Gasteiger partial charge is 0.497 e. The quantitative estimate of drug-likeness (QED) is 0.279. The van der Waals surface area contributed by atoms with Gasteiger partial charge in [-0.05, 0) is 82.8 Å². The Morgan fingerprint density at radius 2 is 1.80 bits per heavy atom. The lowest BCUT2D eigenvalue weighted by molar-refractivity contribution is -0.158. The molecule has 59 heavy (non-hydrogen) atoms. The van der Waals surface area contributed by atoms with Crippen LogP contribution in [-0.2, 0) is 40.4 Å². The third-order valence-corrected chi connectivity index (χ3v) is 16.1. The van der Waals surface area contributed by atoms with E-state index in [-0.39, 0.29) is 31.2 Å². The molecule has 2 aliphatic heterocycles. The number of carbonyl (C=O) groups excluding carboxylic acids is 4. The first kappa shape index (κ1) is 43.1. The van der Waals surface area contributed by atoms with Gasteiger partial charge in [-0.2, -0.15) is 0 Å². The number of nitrogens with one attached hydrogen (secondary N) is 1. The smallest absolute Gasteiger partial charge is 0.307 e. The minimum absolute atomic E-state index is 0.101. The number of benzene rings is 1. The molecule has 1 N–H and O–H groups in total. The average Bonchev–Trinajstić information content (AvgIpc) is 4.12. The number of fused-ring (bicyclic) bond motifs is 5. The summed E-state index contributed by atoms with van der Waals surface area (Å²) in [6, 6.07) is 4.12. The normalized spacial score (nSPS) is 32.2. The van der Waals surface area contributed by atoms with Gasteiger partial charge in [-0.1, -0.05) is 40.5 Å². The average molecular weight is 845 g/mol. The Morgan fingerprint density at radius 3 is 2.42 bits per heavy atom. The number of ketones is 1. The van der Waals surface area contributed by atoms with E-state index in [2.05, 4.69) is 0 Å². The van der Waals surface area contributed by atoms with Crippen LogP contribution in [-0.4, -0.2) is 89.4 Å². The van der Waals surface area contributed by atoms with E-state index in [1.165, 1.54) is 11.8 Å². The number of rotatable bonds is 9. The van der Waals surface area contributed by atoms with Gasteiger partial charge >= 0.3 is 5.97 Å². The predicted molar refractivity (Wildman–Crippen MR) is 213 cm³/mol. The molecule has 2 amide bonds. The highest BCUT2D eigenvalue weighted by molar-refractivity contribution is 7.91. The van der Waals surface area contributed by atoms with E-state index in [0.717, 1.165) is 32.1 Å². The molecule has 1 aromatic carbocycles. The van der Waals surface area contributed by atoms with Gasteiger partial charge in [0.15, 0.2) is 5.78 Å². The summed E-state index contributed by atoms with van der Waals surface area (Å²) >= 11 is 0. The first-order chi connectivity index (χ1) is 27.6. The van der Waals surface area contributed by atoms with Gasteiger partial charge in [0.25, 0.3) is 0 Å². The Kier molecular flexibility index (Phi) is 11.3. The number of Topliss-reactive ketones (excluding diaryl/α,β-unsaturated/α-hetero) is 1. The van der Waals surface area contributed by atoms with Gasteiger partial charge in [-0.3, -0.25) is 23.9 Å². The topological polar surface area (TPSA) is 171 Å². The molecule has 7 rings (SSSR count). The van der Waals surface area contributed by atoms with E-state index in [9.17, 15) is 31.6 Å². The second kappa shape index (κ2) is 15.5. The third kappa shape index (κ3) is 8.40. The van der Waals surface area contributed by atoms with E-state index >= 15 is 4.79 Å². The van der Waals surface area contributed by atoms with Gasteiger partial charge in [0.05, 0.1) is 53.2 Å². The number of sulfonamides is 1. The van der Waals surface area contributed by atoms with Crippen LogP contribution in [0.4, 0.5) is 8.78 Å². The lowest BCUT2D eigenvalue weighted by Gasteiger charge is -2.35. The van der Waals surface area contributed by atoms with Crippen LogP contribution in [0.2, 0.25) is 0 Å². The van der Waals surface area contributed by atoms with E-state index in [1.54, 1.807) is 19.2 Å². The van der Waals surface area contributed by atoms with Crippen LogP contribution in [0, 0.1) is 34.5 Å². The third-order valence-electron chi connectivity index (χ3n) is 13.9. The molecule has 4 fully saturated rings. The standard InChI is InChI=1S/C43H58F2N4O9S/c1-8-26-33-23-49(35(26)32(50)22-43(21-28(43)36(44)45)39(53)48-59(54,55)41(5)16-17-41)38(52)27(40(2,3)4)19-34(51)58-42(6)20-24(42)12-10-9-11-13-30-37(57-33)47-31-18-25(56-7)14-15-29(31)46-30/h14-15,18,24,26-28,33,35-36H,8-13,16-17,19-23H2,1-7H3,(H,48,53)/t24-,26+,27+,28-,33-,35-,42-,43+/m0/s1. The van der Waals surface area contributed by atoms with Gasteiger partial charge in [0.2, 0.25) is 34.1 Å². The zero-order valence-corrected chi connectivity index (χ0v) is 36.0. The molecule has 16 heteroatoms. The molecule has 8 atom stereocenters. The maximum absolute atomic E-state index is 15.0. The van der Waals surface area contributed by atoms with Crippen molar-refractivity contribution >= 4 is 44.6 Å². The maximum atomic E-state index is 15.0. The number of amides is 2. The molecule has 3 saturated carbocycles. The number of ether oxygens (including phenoxy) is 3. The van der Waals surface area contributed by atoms with Crippen molar-refractivity contribution < 1.29 is 50.6 Å². The summed E-state index contributed by atoms with van der Waals surface area (Å²) in [7, 11) is -2.65. The number of aryl methyl sites for hydroxylation is 1. The fraction of sp³-hybridized carbons (Fsp3) is 0.721. The summed E-state index contributed by atoms with van der Waals surface area (Å²) in [5.74, 6) is -4.99. The van der Waals surface area contributed by atoms with Crippen LogP contribution in [0.5, 0.6) is 11.6 Å². The van der Waals surface area contributed by atoms with E-state index < -0.39 is 97.5 Å². The molecule has 0 spiro atoms. The van der Waals surface area contributed by atoms with Crippen molar-refractivity contribution in [1.82, 2.24) is 19.6 Å². The molecule has 0 unspecified atom stereocenters. The van der Waals surface area contributed by atoms with Crippen LogP contribution in [0.3, 0.4) is 0 Å². The molecule has 2 bridgehead atoms. The van der Waals surface area contributed by atoms with Crippen molar-refractivity contribution in [2.75, 3.05) is 13.7 Å². The lowest BCUT2D eigenvalue weighted by Crippen LogP contribution is -2.50. The van der Waals surface area contributed by atoms with Gasteiger partial charge in [-0.25, -0.2) is 27.2 Å². The zero-order chi connectivity index (χ0) is 42.9. The monoisotopic (exact) mass is 844 g/mol. The number of hydrogen-bond acceptors (Lipinski definition) is 11. The summed E-state index contributed by atoms with van der Waals surface area (Å²) in [5, 5.41) is 0. The van der Waals surface area contributed by atoms with Gasteiger partial charge in [0.1, 0.15) is 23.1 Å². The molecule has 3 heterocycles. The number of esters is 1. The van der Waals surface area contributed by atoms with Gasteiger partial charge < -0.3 is 19.1 Å². The number of methoxy groups -OCH3 is 1. The second-order valence-corrected chi connectivity index (χ2v) is 21.4. The zero-order valence-electron chi connectivity index (χ0n) is 35.1. The number of aromatic nitrogens is 2. The van der Waals surface area contributed by atoms with Crippen molar-refractivity contribution in [1.29, 1.82) is 0 Å². The molecule has 13 nitrogen and oxygen atoms in total.